The van der Waals surface area contributed by atoms with Crippen LogP contribution in [0.3, 0.4) is 0 Å². The quantitative estimate of drug-likeness (QED) is 0.240. The average Bonchev–Trinajstić information content (AvgIpc) is 3.26. The number of aromatic carboxylic acids is 1. The van der Waals surface area contributed by atoms with Crippen LogP contribution in [0, 0.1) is 6.92 Å². The van der Waals surface area contributed by atoms with Gasteiger partial charge in [-0.05, 0) is 67.9 Å². The van der Waals surface area contributed by atoms with E-state index in [0.29, 0.717) is 13.2 Å². The molecule has 35 heavy (non-hydrogen) atoms. The lowest BCUT2D eigenvalue weighted by Gasteiger charge is -2.18. The normalized spacial score (nSPS) is 10.3. The van der Waals surface area contributed by atoms with Crippen LogP contribution in [0.15, 0.2) is 83.3 Å². The van der Waals surface area contributed by atoms with Crippen LogP contribution in [0.25, 0.3) is 16.9 Å². The van der Waals surface area contributed by atoms with E-state index in [0.717, 1.165) is 44.1 Å². The van der Waals surface area contributed by atoms with E-state index in [2.05, 4.69) is 25.8 Å². The first-order chi connectivity index (χ1) is 17.0. The Morgan fingerprint density at radius 3 is 2.43 bits per heavy atom. The smallest absolute Gasteiger partial charge is 0.335 e. The number of ether oxygens (including phenoxy) is 1. The molecule has 1 heterocycles. The van der Waals surface area contributed by atoms with E-state index in [-0.39, 0.29) is 5.56 Å². The van der Waals surface area contributed by atoms with Gasteiger partial charge in [0.15, 0.2) is 0 Å². The van der Waals surface area contributed by atoms with Crippen LogP contribution in [0.5, 0.6) is 5.75 Å². The molecular formula is C29H31BrN2O3. The number of rotatable bonds is 8. The van der Waals surface area contributed by atoms with Crippen molar-refractivity contribution in [2.24, 2.45) is 0 Å². The van der Waals surface area contributed by atoms with E-state index >= 15 is 0 Å². The lowest BCUT2D eigenvalue weighted by molar-refractivity contribution is 0.0697. The fraction of sp³-hybridized carbons (Fsp3) is 0.207. The molecule has 0 bridgehead atoms. The summed E-state index contributed by atoms with van der Waals surface area (Å²) in [5.74, 6) is -0.209. The number of carbonyl (C=O) groups is 1. The molecule has 2 N–H and O–H groups in total. The summed E-state index contributed by atoms with van der Waals surface area (Å²) in [4.78, 5) is 11.8. The van der Waals surface area contributed by atoms with Gasteiger partial charge in [0.2, 0.25) is 0 Å². The third-order valence-corrected chi connectivity index (χ3v) is 5.83. The molecule has 0 amide bonds. The Labute approximate surface area is 215 Å². The van der Waals surface area contributed by atoms with Gasteiger partial charge in [0.05, 0.1) is 11.3 Å². The lowest BCUT2D eigenvalue weighted by Crippen LogP contribution is -2.06. The maximum Gasteiger partial charge on any atom is 0.335 e. The van der Waals surface area contributed by atoms with Crippen molar-refractivity contribution in [2.75, 3.05) is 11.9 Å². The minimum Gasteiger partial charge on any atom is -0.488 e. The molecule has 0 atom stereocenters. The molecule has 0 aliphatic rings. The third-order valence-electron chi connectivity index (χ3n) is 5.33. The van der Waals surface area contributed by atoms with E-state index in [1.165, 1.54) is 0 Å². The summed E-state index contributed by atoms with van der Waals surface area (Å²) in [6, 6.07) is 25.3. The van der Waals surface area contributed by atoms with Crippen LogP contribution in [0.4, 0.5) is 5.69 Å². The van der Waals surface area contributed by atoms with Gasteiger partial charge in [0.1, 0.15) is 12.4 Å². The summed E-state index contributed by atoms with van der Waals surface area (Å²) >= 11 is 3.59. The van der Waals surface area contributed by atoms with Crippen LogP contribution in [-0.4, -0.2) is 22.2 Å². The molecular weight excluding hydrogens is 504 g/mol. The highest BCUT2D eigenvalue weighted by Gasteiger charge is 2.17. The molecule has 3 aromatic carbocycles. The lowest BCUT2D eigenvalue weighted by atomic mass is 10.1. The SMILES string of the molecule is CC.CCNc1cc(C(=O)O)cc(-n2c(C)ccc2-c2cc(Br)ccc2OCc2ccccc2)c1. The van der Waals surface area contributed by atoms with Gasteiger partial charge in [-0.15, -0.1) is 0 Å². The number of nitrogens with one attached hydrogen (secondary N) is 1. The summed E-state index contributed by atoms with van der Waals surface area (Å²) < 4.78 is 9.21. The van der Waals surface area contributed by atoms with Gasteiger partial charge in [0.25, 0.3) is 0 Å². The molecule has 0 saturated heterocycles. The summed E-state index contributed by atoms with van der Waals surface area (Å²) in [7, 11) is 0. The molecule has 6 heteroatoms. The zero-order valence-corrected chi connectivity index (χ0v) is 22.1. The predicted molar refractivity (Wildman–Crippen MR) is 147 cm³/mol. The van der Waals surface area contributed by atoms with Crippen molar-refractivity contribution in [2.45, 2.75) is 34.3 Å². The molecule has 182 valence electrons. The molecule has 0 saturated carbocycles. The number of aryl methyl sites for hydroxylation is 1. The highest BCUT2D eigenvalue weighted by molar-refractivity contribution is 9.10. The first kappa shape index (κ1) is 26.1. The number of nitrogens with zero attached hydrogens (tertiary/aromatic N) is 1. The minimum atomic E-state index is -0.961. The van der Waals surface area contributed by atoms with Gasteiger partial charge < -0.3 is 19.7 Å². The Kier molecular flexibility index (Phi) is 9.15. The van der Waals surface area contributed by atoms with E-state index in [1.54, 1.807) is 12.1 Å². The van der Waals surface area contributed by atoms with E-state index in [9.17, 15) is 9.90 Å². The predicted octanol–water partition coefficient (Wildman–Crippen LogP) is 7.95. The van der Waals surface area contributed by atoms with Gasteiger partial charge in [-0.25, -0.2) is 4.79 Å². The van der Waals surface area contributed by atoms with Crippen LogP contribution in [0.2, 0.25) is 0 Å². The van der Waals surface area contributed by atoms with Crippen molar-refractivity contribution in [3.63, 3.8) is 0 Å². The summed E-state index contributed by atoms with van der Waals surface area (Å²) in [5.41, 5.74) is 5.68. The molecule has 4 rings (SSSR count). The average molecular weight is 535 g/mol. The molecule has 0 aliphatic carbocycles. The number of aromatic nitrogens is 1. The molecule has 4 aromatic rings. The second kappa shape index (κ2) is 12.3. The Morgan fingerprint density at radius 2 is 1.74 bits per heavy atom. The van der Waals surface area contributed by atoms with Gasteiger partial charge in [-0.2, -0.15) is 0 Å². The van der Waals surface area contributed by atoms with Crippen molar-refractivity contribution < 1.29 is 14.6 Å². The highest BCUT2D eigenvalue weighted by atomic mass is 79.9. The van der Waals surface area contributed by atoms with Crippen molar-refractivity contribution in [3.8, 4) is 22.7 Å². The zero-order chi connectivity index (χ0) is 25.4. The summed E-state index contributed by atoms with van der Waals surface area (Å²) in [6.07, 6.45) is 0. The van der Waals surface area contributed by atoms with Crippen LogP contribution in [-0.2, 0) is 6.61 Å². The maximum absolute atomic E-state index is 11.8. The number of carboxylic acid groups (broad SMARTS) is 1. The Balaban J connectivity index is 0.00000167. The zero-order valence-electron chi connectivity index (χ0n) is 20.5. The number of benzene rings is 3. The van der Waals surface area contributed by atoms with Crippen molar-refractivity contribution in [1.82, 2.24) is 4.57 Å². The highest BCUT2D eigenvalue weighted by Crippen LogP contribution is 2.36. The standard InChI is InChI=1S/C27H25BrN2O3.C2H6/c1-3-29-22-13-20(27(31)32)14-23(16-22)30-18(2)9-11-25(30)24-15-21(28)10-12-26(24)33-17-19-7-5-4-6-8-19;1-2/h4-16,29H,3,17H2,1-2H3,(H,31,32);1-2H3. The minimum absolute atomic E-state index is 0.234. The molecule has 5 nitrogen and oxygen atoms in total. The van der Waals surface area contributed by atoms with E-state index in [1.807, 2.05) is 94.4 Å². The number of hydrogen-bond donors (Lipinski definition) is 2. The monoisotopic (exact) mass is 534 g/mol. The fourth-order valence-corrected chi connectivity index (χ4v) is 4.19. The van der Waals surface area contributed by atoms with Crippen LogP contribution >= 0.6 is 15.9 Å². The third kappa shape index (κ3) is 6.34. The van der Waals surface area contributed by atoms with Gasteiger partial charge in [-0.1, -0.05) is 60.1 Å². The van der Waals surface area contributed by atoms with E-state index < -0.39 is 5.97 Å². The van der Waals surface area contributed by atoms with Crippen molar-refractivity contribution in [3.05, 3.63) is 100 Å². The second-order valence-corrected chi connectivity index (χ2v) is 8.63. The molecule has 0 spiro atoms. The molecule has 0 aliphatic heterocycles. The number of hydrogen-bond acceptors (Lipinski definition) is 3. The number of anilines is 1. The van der Waals surface area contributed by atoms with Crippen molar-refractivity contribution in [1.29, 1.82) is 0 Å². The molecule has 0 radical (unpaired) electrons. The summed E-state index contributed by atoms with van der Waals surface area (Å²) in [6.45, 7) is 9.14. The molecule has 0 fully saturated rings. The first-order valence-electron chi connectivity index (χ1n) is 11.7. The first-order valence-corrected chi connectivity index (χ1v) is 12.5. The van der Waals surface area contributed by atoms with Crippen molar-refractivity contribution >= 4 is 27.6 Å². The van der Waals surface area contributed by atoms with Crippen LogP contribution in [0.1, 0.15) is 42.4 Å². The number of carboxylic acids is 1. The summed E-state index contributed by atoms with van der Waals surface area (Å²) in [5, 5.41) is 12.9. The maximum atomic E-state index is 11.8. The Morgan fingerprint density at radius 1 is 1.00 bits per heavy atom. The Bertz CT molecular complexity index is 1280. The van der Waals surface area contributed by atoms with E-state index in [4.69, 9.17) is 4.74 Å². The Hall–Kier alpha value is -3.51. The largest absolute Gasteiger partial charge is 0.488 e. The molecule has 1 aromatic heterocycles. The van der Waals surface area contributed by atoms with Gasteiger partial charge >= 0.3 is 5.97 Å². The van der Waals surface area contributed by atoms with Gasteiger partial charge in [0, 0.05) is 33.6 Å². The second-order valence-electron chi connectivity index (χ2n) is 7.71. The number of halogens is 1. The fourth-order valence-electron chi connectivity index (χ4n) is 3.83. The molecule has 0 unspecified atom stereocenters. The van der Waals surface area contributed by atoms with Crippen LogP contribution < -0.4 is 10.1 Å². The van der Waals surface area contributed by atoms with Gasteiger partial charge in [-0.3, -0.25) is 0 Å². The topological polar surface area (TPSA) is 63.5 Å².